The molecule has 82 valence electrons. The van der Waals surface area contributed by atoms with E-state index in [1.165, 1.54) is 6.08 Å². The highest BCUT2D eigenvalue weighted by Crippen LogP contribution is 1.96. The van der Waals surface area contributed by atoms with Crippen molar-refractivity contribution in [2.24, 2.45) is 5.73 Å². The van der Waals surface area contributed by atoms with Crippen LogP contribution in [0.2, 0.25) is 0 Å². The maximum absolute atomic E-state index is 10.9. The molecule has 1 unspecified atom stereocenters. The third-order valence-electron chi connectivity index (χ3n) is 1.88. The summed E-state index contributed by atoms with van der Waals surface area (Å²) in [6.07, 6.45) is 3.93. The lowest BCUT2D eigenvalue weighted by Crippen LogP contribution is -2.27. The summed E-state index contributed by atoms with van der Waals surface area (Å²) >= 11 is 0. The number of alkyl carbamates (subject to hydrolysis) is 1. The lowest BCUT2D eigenvalue weighted by Gasteiger charge is -2.08. The fourth-order valence-corrected chi connectivity index (χ4v) is 0.944. The number of hydrogen-bond acceptors (Lipinski definition) is 3. The molecule has 0 saturated heterocycles. The van der Waals surface area contributed by atoms with E-state index in [0.717, 1.165) is 19.3 Å². The van der Waals surface area contributed by atoms with Gasteiger partial charge in [0.25, 0.3) is 0 Å². The van der Waals surface area contributed by atoms with Crippen molar-refractivity contribution in [3.8, 4) is 0 Å². The third-order valence-corrected chi connectivity index (χ3v) is 1.88. The summed E-state index contributed by atoms with van der Waals surface area (Å²) in [5.41, 5.74) is 5.71. The van der Waals surface area contributed by atoms with Crippen LogP contribution in [0.4, 0.5) is 4.79 Å². The Kier molecular flexibility index (Phi) is 7.93. The number of nitrogens with one attached hydrogen (secondary N) is 1. The zero-order chi connectivity index (χ0) is 10.8. The second-order valence-corrected chi connectivity index (χ2v) is 3.12. The van der Waals surface area contributed by atoms with Crippen molar-refractivity contribution in [3.05, 3.63) is 12.7 Å². The highest BCUT2D eigenvalue weighted by Gasteiger charge is 2.01. The van der Waals surface area contributed by atoms with E-state index in [2.05, 4.69) is 18.8 Å². The molecule has 3 N–H and O–H groups in total. The summed E-state index contributed by atoms with van der Waals surface area (Å²) in [7, 11) is 0. The Morgan fingerprint density at radius 2 is 2.43 bits per heavy atom. The van der Waals surface area contributed by atoms with Gasteiger partial charge in [-0.2, -0.15) is 0 Å². The van der Waals surface area contributed by atoms with Crippen LogP contribution in [-0.4, -0.2) is 25.3 Å². The number of nitrogens with two attached hydrogens (primary N) is 1. The summed E-state index contributed by atoms with van der Waals surface area (Å²) in [5, 5.41) is 2.63. The van der Waals surface area contributed by atoms with Gasteiger partial charge in [0.15, 0.2) is 0 Å². The molecular weight excluding hydrogens is 180 g/mol. The van der Waals surface area contributed by atoms with Crippen LogP contribution in [0.25, 0.3) is 0 Å². The molecule has 1 atom stereocenters. The molecule has 1 amide bonds. The number of ether oxygens (including phenoxy) is 1. The van der Waals surface area contributed by atoms with E-state index in [0.29, 0.717) is 6.54 Å². The van der Waals surface area contributed by atoms with Gasteiger partial charge < -0.3 is 15.8 Å². The quantitative estimate of drug-likeness (QED) is 0.482. The summed E-state index contributed by atoms with van der Waals surface area (Å²) < 4.78 is 4.73. The molecule has 4 nitrogen and oxygen atoms in total. The first-order valence-electron chi connectivity index (χ1n) is 4.97. The van der Waals surface area contributed by atoms with E-state index < -0.39 is 6.09 Å². The molecule has 0 aromatic rings. The molecule has 0 aliphatic carbocycles. The number of amides is 1. The summed E-state index contributed by atoms with van der Waals surface area (Å²) in [6, 6.07) is 0.237. The van der Waals surface area contributed by atoms with Gasteiger partial charge >= 0.3 is 6.09 Å². The molecular formula is C10H20N2O2. The van der Waals surface area contributed by atoms with Crippen molar-refractivity contribution in [1.29, 1.82) is 0 Å². The van der Waals surface area contributed by atoms with Gasteiger partial charge in [-0.15, -0.1) is 0 Å². The van der Waals surface area contributed by atoms with E-state index in [4.69, 9.17) is 10.5 Å². The van der Waals surface area contributed by atoms with E-state index in [9.17, 15) is 4.79 Å². The van der Waals surface area contributed by atoms with Gasteiger partial charge in [-0.05, 0) is 19.3 Å². The first-order valence-corrected chi connectivity index (χ1v) is 4.97. The molecule has 0 bridgehead atoms. The van der Waals surface area contributed by atoms with Crippen LogP contribution in [0.15, 0.2) is 12.7 Å². The van der Waals surface area contributed by atoms with Crippen LogP contribution >= 0.6 is 0 Å². The zero-order valence-electron chi connectivity index (χ0n) is 8.79. The minimum atomic E-state index is -0.394. The molecule has 0 heterocycles. The fourth-order valence-electron chi connectivity index (χ4n) is 0.944. The van der Waals surface area contributed by atoms with Crippen LogP contribution in [0, 0.1) is 0 Å². The molecule has 0 saturated carbocycles. The van der Waals surface area contributed by atoms with Gasteiger partial charge in [0.05, 0.1) is 0 Å². The molecule has 0 radical (unpaired) electrons. The Morgan fingerprint density at radius 3 is 3.00 bits per heavy atom. The highest BCUT2D eigenvalue weighted by molar-refractivity contribution is 5.67. The normalized spacial score (nSPS) is 11.9. The summed E-state index contributed by atoms with van der Waals surface area (Å²) in [5.74, 6) is 0. The summed E-state index contributed by atoms with van der Waals surface area (Å²) in [4.78, 5) is 10.9. The number of carbonyl (C=O) groups excluding carboxylic acids is 1. The monoisotopic (exact) mass is 200 g/mol. The van der Waals surface area contributed by atoms with Crippen molar-refractivity contribution in [3.63, 3.8) is 0 Å². The second-order valence-electron chi connectivity index (χ2n) is 3.12. The van der Waals surface area contributed by atoms with Crippen LogP contribution < -0.4 is 11.1 Å². The SMILES string of the molecule is C=CCOC(=O)NCCCC(N)CC. The standard InChI is InChI=1S/C10H20N2O2/c1-3-8-14-10(13)12-7-5-6-9(11)4-2/h3,9H,1,4-8,11H2,2H3,(H,12,13). The van der Waals surface area contributed by atoms with Crippen molar-refractivity contribution >= 4 is 6.09 Å². The largest absolute Gasteiger partial charge is 0.445 e. The molecule has 0 aliphatic heterocycles. The van der Waals surface area contributed by atoms with Crippen LogP contribution in [0.1, 0.15) is 26.2 Å². The second kappa shape index (κ2) is 8.56. The van der Waals surface area contributed by atoms with Crippen molar-refractivity contribution in [2.45, 2.75) is 32.2 Å². The smallest absolute Gasteiger partial charge is 0.407 e. The van der Waals surface area contributed by atoms with E-state index in [1.54, 1.807) is 0 Å². The average Bonchev–Trinajstić information content (AvgIpc) is 2.21. The third kappa shape index (κ3) is 7.61. The zero-order valence-corrected chi connectivity index (χ0v) is 8.79. The Bertz CT molecular complexity index is 172. The Labute approximate surface area is 85.5 Å². The van der Waals surface area contributed by atoms with E-state index >= 15 is 0 Å². The minimum Gasteiger partial charge on any atom is -0.445 e. The lowest BCUT2D eigenvalue weighted by atomic mass is 10.1. The molecule has 0 aliphatic rings. The number of rotatable bonds is 7. The molecule has 0 fully saturated rings. The van der Waals surface area contributed by atoms with Crippen molar-refractivity contribution in [2.75, 3.05) is 13.2 Å². The minimum absolute atomic E-state index is 0.237. The molecule has 0 rings (SSSR count). The topological polar surface area (TPSA) is 64.3 Å². The molecule has 14 heavy (non-hydrogen) atoms. The van der Waals surface area contributed by atoms with E-state index in [1.807, 2.05) is 0 Å². The number of hydrogen-bond donors (Lipinski definition) is 2. The molecule has 4 heteroatoms. The van der Waals surface area contributed by atoms with Crippen molar-refractivity contribution in [1.82, 2.24) is 5.32 Å². The van der Waals surface area contributed by atoms with Crippen LogP contribution in [-0.2, 0) is 4.74 Å². The number of carbonyl (C=O) groups is 1. The average molecular weight is 200 g/mol. The van der Waals surface area contributed by atoms with Crippen molar-refractivity contribution < 1.29 is 9.53 Å². The predicted molar refractivity (Wildman–Crippen MR) is 57.0 cm³/mol. The maximum Gasteiger partial charge on any atom is 0.407 e. The first kappa shape index (κ1) is 13.0. The molecule has 0 aromatic heterocycles. The van der Waals surface area contributed by atoms with Gasteiger partial charge in [-0.3, -0.25) is 0 Å². The molecule has 0 aromatic carbocycles. The lowest BCUT2D eigenvalue weighted by molar-refractivity contribution is 0.158. The van der Waals surface area contributed by atoms with Crippen LogP contribution in [0.3, 0.4) is 0 Å². The van der Waals surface area contributed by atoms with Gasteiger partial charge in [0.1, 0.15) is 6.61 Å². The highest BCUT2D eigenvalue weighted by atomic mass is 16.5. The predicted octanol–water partition coefficient (Wildman–Crippen LogP) is 1.42. The Morgan fingerprint density at radius 1 is 1.71 bits per heavy atom. The Hall–Kier alpha value is -1.03. The maximum atomic E-state index is 10.9. The first-order chi connectivity index (χ1) is 6.70. The Balaban J connectivity index is 3.26. The van der Waals surface area contributed by atoms with Crippen LogP contribution in [0.5, 0.6) is 0 Å². The van der Waals surface area contributed by atoms with Gasteiger partial charge in [-0.1, -0.05) is 19.6 Å². The summed E-state index contributed by atoms with van der Waals surface area (Å²) in [6.45, 7) is 6.36. The van der Waals surface area contributed by atoms with E-state index in [-0.39, 0.29) is 12.6 Å². The molecule has 0 spiro atoms. The van der Waals surface area contributed by atoms with Gasteiger partial charge in [0.2, 0.25) is 0 Å². The van der Waals surface area contributed by atoms with Gasteiger partial charge in [-0.25, -0.2) is 4.79 Å². The van der Waals surface area contributed by atoms with Gasteiger partial charge in [0, 0.05) is 12.6 Å². The fraction of sp³-hybridized carbons (Fsp3) is 0.700.